The second-order valence-electron chi connectivity index (χ2n) is 9.16. The van der Waals surface area contributed by atoms with Gasteiger partial charge in [0.25, 0.3) is 5.91 Å². The summed E-state index contributed by atoms with van der Waals surface area (Å²) in [6.07, 6.45) is 1.56. The molecular weight excluding hydrogens is 662 g/mol. The van der Waals surface area contributed by atoms with E-state index >= 15 is 0 Å². The Labute approximate surface area is 259 Å². The van der Waals surface area contributed by atoms with Gasteiger partial charge in [-0.3, -0.25) is 4.79 Å². The van der Waals surface area contributed by atoms with Gasteiger partial charge < -0.3 is 9.47 Å². The minimum absolute atomic E-state index is 0.300. The third kappa shape index (κ3) is 6.92. The molecule has 1 heterocycles. The highest BCUT2D eigenvalue weighted by Crippen LogP contribution is 2.35. The van der Waals surface area contributed by atoms with Gasteiger partial charge >= 0.3 is 5.97 Å². The van der Waals surface area contributed by atoms with Gasteiger partial charge in [-0.2, -0.15) is 5.10 Å². The van der Waals surface area contributed by atoms with Gasteiger partial charge in [0.2, 0.25) is 0 Å². The Balaban J connectivity index is 1.27. The SMILES string of the molecule is CCOC(=O)c1ccc(COc2c(Br)cc(/C=N\NC(=O)c3cc(-c4ccccc4)nc4ccccc34)cc2Br)cc1. The Kier molecular flexibility index (Phi) is 9.41. The van der Waals surface area contributed by atoms with E-state index in [0.717, 1.165) is 27.6 Å². The molecule has 0 saturated heterocycles. The quantitative estimate of drug-likeness (QED) is 0.0966. The number of hydrogen-bond donors (Lipinski definition) is 1. The number of nitrogens with one attached hydrogen (secondary N) is 1. The summed E-state index contributed by atoms with van der Waals surface area (Å²) in [4.78, 5) is 29.8. The van der Waals surface area contributed by atoms with Crippen LogP contribution in [0.2, 0.25) is 0 Å². The monoisotopic (exact) mass is 685 g/mol. The Morgan fingerprint density at radius 1 is 0.905 bits per heavy atom. The molecule has 0 radical (unpaired) electrons. The van der Waals surface area contributed by atoms with E-state index in [4.69, 9.17) is 14.5 Å². The molecule has 0 aliphatic carbocycles. The molecular formula is C33H25Br2N3O4. The lowest BCUT2D eigenvalue weighted by molar-refractivity contribution is 0.0526. The predicted molar refractivity (Wildman–Crippen MR) is 171 cm³/mol. The highest BCUT2D eigenvalue weighted by atomic mass is 79.9. The topological polar surface area (TPSA) is 89.9 Å². The fourth-order valence-corrected chi connectivity index (χ4v) is 5.70. The van der Waals surface area contributed by atoms with E-state index < -0.39 is 0 Å². The Hall–Kier alpha value is -4.34. The number of pyridine rings is 1. The number of esters is 1. The summed E-state index contributed by atoms with van der Waals surface area (Å²) in [6.45, 7) is 2.40. The molecule has 0 unspecified atom stereocenters. The number of aromatic nitrogens is 1. The first-order valence-corrected chi connectivity index (χ1v) is 14.7. The summed E-state index contributed by atoms with van der Waals surface area (Å²) in [6, 6.07) is 29.8. The number of amides is 1. The fourth-order valence-electron chi connectivity index (χ4n) is 4.24. The van der Waals surface area contributed by atoms with E-state index in [1.807, 2.05) is 78.9 Å². The van der Waals surface area contributed by atoms with Gasteiger partial charge in [0.15, 0.2) is 0 Å². The molecule has 0 aliphatic rings. The van der Waals surface area contributed by atoms with Gasteiger partial charge in [0.1, 0.15) is 12.4 Å². The zero-order valence-electron chi connectivity index (χ0n) is 22.5. The third-order valence-corrected chi connectivity index (χ3v) is 7.46. The second-order valence-corrected chi connectivity index (χ2v) is 10.9. The van der Waals surface area contributed by atoms with Crippen molar-refractivity contribution in [1.29, 1.82) is 0 Å². The maximum absolute atomic E-state index is 13.2. The summed E-state index contributed by atoms with van der Waals surface area (Å²) >= 11 is 7.12. The molecule has 7 nitrogen and oxygen atoms in total. The van der Waals surface area contributed by atoms with E-state index in [0.29, 0.717) is 44.7 Å². The van der Waals surface area contributed by atoms with Crippen LogP contribution in [0.1, 0.15) is 38.8 Å². The smallest absolute Gasteiger partial charge is 0.338 e. The highest BCUT2D eigenvalue weighted by molar-refractivity contribution is 9.11. The molecule has 9 heteroatoms. The van der Waals surface area contributed by atoms with Gasteiger partial charge in [0, 0.05) is 10.9 Å². The lowest BCUT2D eigenvalue weighted by atomic mass is 10.0. The number of hydrazone groups is 1. The Morgan fingerprint density at radius 3 is 2.31 bits per heavy atom. The van der Waals surface area contributed by atoms with Crippen molar-refractivity contribution < 1.29 is 19.1 Å². The molecule has 0 fully saturated rings. The van der Waals surface area contributed by atoms with Crippen LogP contribution in [0.15, 0.2) is 111 Å². The van der Waals surface area contributed by atoms with Crippen LogP contribution in [0.3, 0.4) is 0 Å². The molecule has 1 amide bonds. The minimum Gasteiger partial charge on any atom is -0.487 e. The van der Waals surface area contributed by atoms with Crippen molar-refractivity contribution in [2.45, 2.75) is 13.5 Å². The van der Waals surface area contributed by atoms with Gasteiger partial charge in [-0.05, 0) is 86.3 Å². The van der Waals surface area contributed by atoms with E-state index in [9.17, 15) is 9.59 Å². The molecule has 42 heavy (non-hydrogen) atoms. The largest absolute Gasteiger partial charge is 0.487 e. The van der Waals surface area contributed by atoms with Crippen LogP contribution in [0, 0.1) is 0 Å². The van der Waals surface area contributed by atoms with E-state index in [-0.39, 0.29) is 11.9 Å². The first kappa shape index (κ1) is 29.2. The van der Waals surface area contributed by atoms with Gasteiger partial charge in [-0.1, -0.05) is 60.7 Å². The number of fused-ring (bicyclic) bond motifs is 1. The number of rotatable bonds is 9. The number of benzene rings is 4. The molecule has 0 atom stereocenters. The molecule has 210 valence electrons. The standard InChI is InChI=1S/C33H25Br2N3O4/c1-2-41-33(40)24-14-12-21(13-15-24)20-42-31-27(34)16-22(17-28(31)35)19-36-38-32(39)26-18-30(23-8-4-3-5-9-23)37-29-11-7-6-10-25(26)29/h3-19H,2,20H2,1H3,(H,38,39)/b36-19-. The van der Waals surface area contributed by atoms with Crippen LogP contribution < -0.4 is 10.2 Å². The summed E-state index contributed by atoms with van der Waals surface area (Å²) in [5.74, 6) is -0.0774. The van der Waals surface area contributed by atoms with E-state index in [1.165, 1.54) is 0 Å². The first-order chi connectivity index (χ1) is 20.4. The molecule has 5 rings (SSSR count). The average Bonchev–Trinajstić information content (AvgIpc) is 3.01. The maximum atomic E-state index is 13.2. The number of para-hydroxylation sites is 1. The normalized spacial score (nSPS) is 11.0. The second kappa shape index (κ2) is 13.5. The van der Waals surface area contributed by atoms with Crippen molar-refractivity contribution >= 4 is 60.9 Å². The Bertz CT molecular complexity index is 1750. The summed E-state index contributed by atoms with van der Waals surface area (Å²) in [5.41, 5.74) is 7.62. The van der Waals surface area contributed by atoms with E-state index in [2.05, 4.69) is 42.4 Å². The van der Waals surface area contributed by atoms with Crippen molar-refractivity contribution in [2.75, 3.05) is 6.61 Å². The molecule has 0 aliphatic heterocycles. The van der Waals surface area contributed by atoms with Crippen molar-refractivity contribution in [2.24, 2.45) is 5.10 Å². The molecule has 4 aromatic carbocycles. The van der Waals surface area contributed by atoms with Crippen LogP contribution in [0.25, 0.3) is 22.2 Å². The zero-order chi connectivity index (χ0) is 29.5. The summed E-state index contributed by atoms with van der Waals surface area (Å²) in [7, 11) is 0. The number of halogens is 2. The van der Waals surface area contributed by atoms with Crippen molar-refractivity contribution in [1.82, 2.24) is 10.4 Å². The van der Waals surface area contributed by atoms with E-state index in [1.54, 1.807) is 31.3 Å². The number of nitrogens with zero attached hydrogens (tertiary/aromatic N) is 2. The van der Waals surface area contributed by atoms with Crippen LogP contribution in [-0.4, -0.2) is 29.7 Å². The molecule has 1 aromatic heterocycles. The van der Waals surface area contributed by atoms with Crippen molar-refractivity contribution in [3.8, 4) is 17.0 Å². The number of ether oxygens (including phenoxy) is 2. The number of carbonyl (C=O) groups is 2. The summed E-state index contributed by atoms with van der Waals surface area (Å²) in [5, 5.41) is 4.95. The lowest BCUT2D eigenvalue weighted by Crippen LogP contribution is -2.18. The first-order valence-electron chi connectivity index (χ1n) is 13.1. The fraction of sp³-hybridized carbons (Fsp3) is 0.0909. The summed E-state index contributed by atoms with van der Waals surface area (Å²) < 4.78 is 12.5. The van der Waals surface area contributed by atoms with Crippen LogP contribution in [0.4, 0.5) is 0 Å². The van der Waals surface area contributed by atoms with Crippen LogP contribution in [-0.2, 0) is 11.3 Å². The molecule has 5 aromatic rings. The zero-order valence-corrected chi connectivity index (χ0v) is 25.7. The van der Waals surface area contributed by atoms with Gasteiger partial charge in [0.05, 0.1) is 44.1 Å². The molecule has 0 bridgehead atoms. The van der Waals surface area contributed by atoms with Crippen LogP contribution in [0.5, 0.6) is 5.75 Å². The molecule has 0 spiro atoms. The van der Waals surface area contributed by atoms with Gasteiger partial charge in [-0.15, -0.1) is 0 Å². The molecule has 1 N–H and O–H groups in total. The third-order valence-electron chi connectivity index (χ3n) is 6.28. The Morgan fingerprint density at radius 2 is 1.60 bits per heavy atom. The lowest BCUT2D eigenvalue weighted by Gasteiger charge is -2.12. The molecule has 0 saturated carbocycles. The highest BCUT2D eigenvalue weighted by Gasteiger charge is 2.14. The maximum Gasteiger partial charge on any atom is 0.338 e. The van der Waals surface area contributed by atoms with Gasteiger partial charge in [-0.25, -0.2) is 15.2 Å². The average molecular weight is 687 g/mol. The minimum atomic E-state index is -0.352. The van der Waals surface area contributed by atoms with Crippen LogP contribution >= 0.6 is 31.9 Å². The number of carbonyl (C=O) groups excluding carboxylic acids is 2. The van der Waals surface area contributed by atoms with Crippen molar-refractivity contribution in [3.63, 3.8) is 0 Å². The number of hydrogen-bond acceptors (Lipinski definition) is 6. The van der Waals surface area contributed by atoms with Crippen molar-refractivity contribution in [3.05, 3.63) is 128 Å². The predicted octanol–water partition coefficient (Wildman–Crippen LogP) is 7.95.